The van der Waals surface area contributed by atoms with Gasteiger partial charge in [-0.2, -0.15) is 0 Å². The van der Waals surface area contributed by atoms with Crippen LogP contribution in [0, 0.1) is 13.8 Å². The molecule has 1 N–H and O–H groups in total. The lowest BCUT2D eigenvalue weighted by molar-refractivity contribution is 0.102. The Kier molecular flexibility index (Phi) is 5.30. The average Bonchev–Trinajstić information content (AvgIpc) is 2.56. The van der Waals surface area contributed by atoms with Crippen LogP contribution >= 0.6 is 11.6 Å². The van der Waals surface area contributed by atoms with E-state index < -0.39 is 0 Å². The van der Waals surface area contributed by atoms with E-state index in [0.717, 1.165) is 48.7 Å². The molecular formula is C20H24ClN3O. The summed E-state index contributed by atoms with van der Waals surface area (Å²) in [4.78, 5) is 17.4. The Morgan fingerprint density at radius 1 is 1.04 bits per heavy atom. The molecule has 0 spiro atoms. The molecule has 0 bridgehead atoms. The maximum Gasteiger partial charge on any atom is 0.255 e. The molecule has 25 heavy (non-hydrogen) atoms. The number of halogens is 1. The van der Waals surface area contributed by atoms with Gasteiger partial charge in [0.15, 0.2) is 0 Å². The fraction of sp³-hybridized carbons (Fsp3) is 0.350. The molecule has 1 aliphatic rings. The van der Waals surface area contributed by atoms with Crippen molar-refractivity contribution >= 4 is 28.9 Å². The number of carbonyl (C=O) groups excluding carboxylic acids is 1. The van der Waals surface area contributed by atoms with Gasteiger partial charge in [0.25, 0.3) is 5.91 Å². The van der Waals surface area contributed by atoms with E-state index in [1.807, 2.05) is 50.2 Å². The molecule has 1 aliphatic heterocycles. The Bertz CT molecular complexity index is 783. The van der Waals surface area contributed by atoms with Crippen molar-refractivity contribution in [2.24, 2.45) is 0 Å². The van der Waals surface area contributed by atoms with Crippen molar-refractivity contribution in [3.8, 4) is 0 Å². The molecule has 5 heteroatoms. The fourth-order valence-corrected chi connectivity index (χ4v) is 3.36. The van der Waals surface area contributed by atoms with Gasteiger partial charge in [-0.3, -0.25) is 4.79 Å². The van der Waals surface area contributed by atoms with Crippen LogP contribution < -0.4 is 10.2 Å². The molecule has 0 saturated carbocycles. The molecule has 1 amide bonds. The van der Waals surface area contributed by atoms with E-state index in [2.05, 4.69) is 22.2 Å². The first-order valence-electron chi connectivity index (χ1n) is 8.55. The molecule has 0 atom stereocenters. The van der Waals surface area contributed by atoms with E-state index in [9.17, 15) is 4.79 Å². The van der Waals surface area contributed by atoms with Gasteiger partial charge in [0.2, 0.25) is 0 Å². The molecule has 132 valence electrons. The van der Waals surface area contributed by atoms with Gasteiger partial charge < -0.3 is 15.1 Å². The van der Waals surface area contributed by atoms with Gasteiger partial charge in [0.05, 0.1) is 11.4 Å². The second kappa shape index (κ2) is 7.46. The van der Waals surface area contributed by atoms with Crippen molar-refractivity contribution in [2.75, 3.05) is 43.4 Å². The zero-order valence-corrected chi connectivity index (χ0v) is 15.7. The number of aryl methyl sites for hydroxylation is 2. The van der Waals surface area contributed by atoms with Gasteiger partial charge in [-0.15, -0.1) is 0 Å². The average molecular weight is 358 g/mol. The fourth-order valence-electron chi connectivity index (χ4n) is 3.19. The summed E-state index contributed by atoms with van der Waals surface area (Å²) >= 11 is 6.18. The number of carbonyl (C=O) groups is 1. The molecule has 1 heterocycles. The van der Waals surface area contributed by atoms with E-state index in [-0.39, 0.29) is 5.91 Å². The van der Waals surface area contributed by atoms with E-state index in [1.165, 1.54) is 0 Å². The number of anilines is 2. The molecule has 3 rings (SSSR count). The second-order valence-corrected chi connectivity index (χ2v) is 7.16. The number of amides is 1. The molecule has 4 nitrogen and oxygen atoms in total. The highest BCUT2D eigenvalue weighted by molar-refractivity contribution is 6.31. The summed E-state index contributed by atoms with van der Waals surface area (Å²) in [7, 11) is 2.13. The number of piperazine rings is 1. The third-order valence-electron chi connectivity index (χ3n) is 4.68. The summed E-state index contributed by atoms with van der Waals surface area (Å²) in [5.41, 5.74) is 4.60. The lowest BCUT2D eigenvalue weighted by atomic mass is 10.0. The standard InChI is InChI=1S/C20H24ClN3O/c1-14-4-6-17(15(2)12-14)20(25)22-18-13-16(21)5-7-19(18)24-10-8-23(3)9-11-24/h4-7,12-13H,8-11H2,1-3H3,(H,22,25). The molecular weight excluding hydrogens is 334 g/mol. The topological polar surface area (TPSA) is 35.6 Å². The third-order valence-corrected chi connectivity index (χ3v) is 4.91. The van der Waals surface area contributed by atoms with Gasteiger partial charge in [-0.25, -0.2) is 0 Å². The minimum atomic E-state index is -0.102. The molecule has 1 fully saturated rings. The van der Waals surface area contributed by atoms with Crippen LogP contribution in [0.15, 0.2) is 36.4 Å². The minimum Gasteiger partial charge on any atom is -0.367 e. The number of rotatable bonds is 3. The van der Waals surface area contributed by atoms with E-state index in [0.29, 0.717) is 10.6 Å². The zero-order chi connectivity index (χ0) is 18.0. The Hall–Kier alpha value is -2.04. The summed E-state index contributed by atoms with van der Waals surface area (Å²) in [6.07, 6.45) is 0. The number of likely N-dealkylation sites (N-methyl/N-ethyl adjacent to an activating group) is 1. The van der Waals surface area contributed by atoms with Crippen LogP contribution in [0.3, 0.4) is 0 Å². The molecule has 0 unspecified atom stereocenters. The summed E-state index contributed by atoms with van der Waals surface area (Å²) in [5.74, 6) is -0.102. The molecule has 0 aliphatic carbocycles. The normalized spacial score (nSPS) is 15.3. The van der Waals surface area contributed by atoms with Gasteiger partial charge in [-0.1, -0.05) is 29.3 Å². The first-order chi connectivity index (χ1) is 11.9. The Morgan fingerprint density at radius 3 is 2.44 bits per heavy atom. The summed E-state index contributed by atoms with van der Waals surface area (Å²) in [5, 5.41) is 3.68. The summed E-state index contributed by atoms with van der Waals surface area (Å²) < 4.78 is 0. The lowest BCUT2D eigenvalue weighted by Crippen LogP contribution is -2.44. The maximum atomic E-state index is 12.8. The maximum absolute atomic E-state index is 12.8. The van der Waals surface area contributed by atoms with Crippen LogP contribution in [0.4, 0.5) is 11.4 Å². The molecule has 2 aromatic rings. The monoisotopic (exact) mass is 357 g/mol. The van der Waals surface area contributed by atoms with Gasteiger partial charge in [0, 0.05) is 36.8 Å². The minimum absolute atomic E-state index is 0.102. The summed E-state index contributed by atoms with van der Waals surface area (Å²) in [6, 6.07) is 11.6. The number of nitrogens with one attached hydrogen (secondary N) is 1. The highest BCUT2D eigenvalue weighted by Crippen LogP contribution is 2.30. The largest absolute Gasteiger partial charge is 0.367 e. The third kappa shape index (κ3) is 4.14. The summed E-state index contributed by atoms with van der Waals surface area (Å²) in [6.45, 7) is 7.87. The van der Waals surface area contributed by atoms with Crippen molar-refractivity contribution in [1.29, 1.82) is 0 Å². The van der Waals surface area contributed by atoms with Crippen molar-refractivity contribution in [3.63, 3.8) is 0 Å². The van der Waals surface area contributed by atoms with Crippen LogP contribution in [-0.2, 0) is 0 Å². The Balaban J connectivity index is 1.86. The van der Waals surface area contributed by atoms with Crippen molar-refractivity contribution in [2.45, 2.75) is 13.8 Å². The van der Waals surface area contributed by atoms with Crippen molar-refractivity contribution in [3.05, 3.63) is 58.1 Å². The van der Waals surface area contributed by atoms with Crippen LogP contribution in [-0.4, -0.2) is 44.0 Å². The van der Waals surface area contributed by atoms with Crippen LogP contribution in [0.2, 0.25) is 5.02 Å². The van der Waals surface area contributed by atoms with Crippen molar-refractivity contribution < 1.29 is 4.79 Å². The van der Waals surface area contributed by atoms with Crippen LogP contribution in [0.25, 0.3) is 0 Å². The number of benzene rings is 2. The quantitative estimate of drug-likeness (QED) is 0.903. The number of hydrogen-bond acceptors (Lipinski definition) is 3. The number of nitrogens with zero attached hydrogens (tertiary/aromatic N) is 2. The van der Waals surface area contributed by atoms with Gasteiger partial charge >= 0.3 is 0 Å². The predicted molar refractivity (Wildman–Crippen MR) is 105 cm³/mol. The smallest absolute Gasteiger partial charge is 0.255 e. The number of hydrogen-bond donors (Lipinski definition) is 1. The molecule has 0 radical (unpaired) electrons. The highest BCUT2D eigenvalue weighted by atomic mass is 35.5. The zero-order valence-electron chi connectivity index (χ0n) is 15.0. The van der Waals surface area contributed by atoms with E-state index in [4.69, 9.17) is 11.6 Å². The Morgan fingerprint density at radius 2 is 1.76 bits per heavy atom. The van der Waals surface area contributed by atoms with Crippen LogP contribution in [0.5, 0.6) is 0 Å². The first kappa shape index (κ1) is 17.8. The molecule has 1 saturated heterocycles. The predicted octanol–water partition coefficient (Wildman–Crippen LogP) is 3.96. The Labute approximate surface area is 154 Å². The first-order valence-corrected chi connectivity index (χ1v) is 8.93. The van der Waals surface area contributed by atoms with E-state index >= 15 is 0 Å². The van der Waals surface area contributed by atoms with Gasteiger partial charge in [0.1, 0.15) is 0 Å². The van der Waals surface area contributed by atoms with E-state index in [1.54, 1.807) is 0 Å². The van der Waals surface area contributed by atoms with Crippen LogP contribution in [0.1, 0.15) is 21.5 Å². The second-order valence-electron chi connectivity index (χ2n) is 6.72. The lowest BCUT2D eigenvalue weighted by Gasteiger charge is -2.35. The molecule has 2 aromatic carbocycles. The SMILES string of the molecule is Cc1ccc(C(=O)Nc2cc(Cl)ccc2N2CCN(C)CC2)c(C)c1. The molecule has 0 aromatic heterocycles. The van der Waals surface area contributed by atoms with Crippen molar-refractivity contribution in [1.82, 2.24) is 4.90 Å². The highest BCUT2D eigenvalue weighted by Gasteiger charge is 2.19. The van der Waals surface area contributed by atoms with Gasteiger partial charge in [-0.05, 0) is 50.7 Å².